The third kappa shape index (κ3) is 62.8. The Bertz CT molecular complexity index is 4000. The Morgan fingerprint density at radius 3 is 1.11 bits per heavy atom. The summed E-state index contributed by atoms with van der Waals surface area (Å²) in [4.78, 5) is 247. The number of esters is 7. The van der Waals surface area contributed by atoms with Gasteiger partial charge in [0.15, 0.2) is 0 Å². The summed E-state index contributed by atoms with van der Waals surface area (Å²) in [6.07, 6.45) is -1.22. The molecule has 772 valence electrons. The first-order valence-electron chi connectivity index (χ1n) is 46.4. The quantitative estimate of drug-likeness (QED) is 0.0193. The Morgan fingerprint density at radius 1 is 0.331 bits per heavy atom. The molecule has 1 aromatic rings. The normalized spacial score (nSPS) is 14.8. The maximum atomic E-state index is 14.4. The van der Waals surface area contributed by atoms with E-state index in [1.807, 2.05) is 43.9 Å². The molecule has 11 N–H and O–H groups in total. The van der Waals surface area contributed by atoms with E-state index < -0.39 is 222 Å². The minimum absolute atomic E-state index is 0.0348. The van der Waals surface area contributed by atoms with Crippen molar-refractivity contribution in [3.63, 3.8) is 0 Å². The van der Waals surface area contributed by atoms with Crippen LogP contribution in [0.3, 0.4) is 0 Å². The van der Waals surface area contributed by atoms with Crippen molar-refractivity contribution in [1.82, 2.24) is 72.8 Å². The number of hydrogen-bond donors (Lipinski definition) is 11. The van der Waals surface area contributed by atoms with Gasteiger partial charge in [0.05, 0.1) is 65.5 Å². The highest BCUT2D eigenvalue weighted by Crippen LogP contribution is 2.21. The standard InChI is InChI=1S/C93H155IN14O28/c1-87(2,3)130-76(117)37-32-65(83(124)96-42-40-75(115)116)103-85(126)67(34-39-78(119)132-89(7,8)9)104-84(125)66(33-38-77(118)131-88(4,5)6)102-74(114)61-129-54-53-128-52-43-97-82(123)64(101-70(110)27-24-25-62-28-30-63(94)31-29-62)26-22-23-41-95-71(111)55-99-73(113)57-100-72(112)56-98-69(109)36-35-68(86(127)136-93(19,20)21)108-50-48-106(59-80(121)134-91(13,14)15)46-44-105(58-79(120)133-90(10,11)12)45-47-107(49-51-108)60-81(122)135-92(16,17)18/h28-31,64-68H,22-27,32-61H2,1-21H3,(H,95,111)(H,96,124)(H,97,123)(H,98,109)(H,99,113)(H,100,112)(H,101,110)(H,102,114)(H,103,126)(H,104,125)(H,115,116)/t64-,65-,66-,67-,68-/m1/s1. The molecule has 0 aromatic heterocycles. The molecule has 1 heterocycles. The van der Waals surface area contributed by atoms with Crippen LogP contribution in [0.2, 0.25) is 0 Å². The van der Waals surface area contributed by atoms with Crippen molar-refractivity contribution in [2.75, 3.05) is 138 Å². The number of amides is 10. The molecule has 5 atom stereocenters. The fourth-order valence-corrected chi connectivity index (χ4v) is 13.3. The lowest BCUT2D eigenvalue weighted by molar-refractivity contribution is -0.163. The number of hydrogen-bond acceptors (Lipinski definition) is 31. The van der Waals surface area contributed by atoms with Crippen LogP contribution < -0.4 is 53.2 Å². The van der Waals surface area contributed by atoms with Crippen LogP contribution in [-0.2, 0) is 135 Å². The number of aryl methyl sites for hydroxylation is 1. The number of carboxylic acids is 1. The summed E-state index contributed by atoms with van der Waals surface area (Å²) in [6.45, 7) is 34.1. The fraction of sp³-hybridized carbons (Fsp3) is 0.742. The van der Waals surface area contributed by atoms with Crippen LogP contribution in [0.1, 0.15) is 241 Å². The maximum Gasteiger partial charge on any atom is 0.323 e. The van der Waals surface area contributed by atoms with Crippen molar-refractivity contribution in [3.8, 4) is 0 Å². The predicted molar refractivity (Wildman–Crippen MR) is 508 cm³/mol. The van der Waals surface area contributed by atoms with Crippen molar-refractivity contribution in [2.45, 2.75) is 311 Å². The van der Waals surface area contributed by atoms with E-state index >= 15 is 0 Å². The van der Waals surface area contributed by atoms with Crippen LogP contribution in [0.4, 0.5) is 0 Å². The number of aliphatic carboxylic acids is 1. The Labute approximate surface area is 814 Å². The average molecular weight is 2040 g/mol. The summed E-state index contributed by atoms with van der Waals surface area (Å²) in [5.41, 5.74) is -5.09. The summed E-state index contributed by atoms with van der Waals surface area (Å²) in [7, 11) is 0. The molecular weight excluding hydrogens is 1890 g/mol. The number of halogens is 1. The lowest BCUT2D eigenvalue weighted by atomic mass is 10.1. The van der Waals surface area contributed by atoms with E-state index in [0.29, 0.717) is 38.8 Å². The largest absolute Gasteiger partial charge is 0.481 e. The van der Waals surface area contributed by atoms with E-state index in [2.05, 4.69) is 75.8 Å². The van der Waals surface area contributed by atoms with E-state index in [4.69, 9.17) is 42.6 Å². The second-order valence-corrected chi connectivity index (χ2v) is 41.2. The highest BCUT2D eigenvalue weighted by Gasteiger charge is 2.37. The number of ether oxygens (including phenoxy) is 9. The number of unbranched alkanes of at least 4 members (excludes halogenated alkanes) is 1. The van der Waals surface area contributed by atoms with E-state index in [0.717, 1.165) is 9.13 Å². The molecule has 0 radical (unpaired) electrons. The van der Waals surface area contributed by atoms with Crippen LogP contribution >= 0.6 is 22.6 Å². The number of rotatable bonds is 54. The molecule has 1 saturated heterocycles. The van der Waals surface area contributed by atoms with Gasteiger partial charge in [0.2, 0.25) is 59.1 Å². The number of carbonyl (C=O) groups is 18. The van der Waals surface area contributed by atoms with Crippen LogP contribution in [0, 0.1) is 3.57 Å². The smallest absolute Gasteiger partial charge is 0.323 e. The van der Waals surface area contributed by atoms with Crippen LogP contribution in [-0.4, -0.2) is 339 Å². The van der Waals surface area contributed by atoms with Gasteiger partial charge in [-0.2, -0.15) is 0 Å². The van der Waals surface area contributed by atoms with E-state index in [9.17, 15) is 91.4 Å². The number of nitrogens with one attached hydrogen (secondary N) is 10. The number of benzene rings is 1. The predicted octanol–water partition coefficient (Wildman–Crippen LogP) is 3.03. The molecule has 1 aliphatic rings. The monoisotopic (exact) mass is 2040 g/mol. The molecule has 2 rings (SSSR count). The van der Waals surface area contributed by atoms with Gasteiger partial charge in [-0.1, -0.05) is 12.1 Å². The third-order valence-corrected chi connectivity index (χ3v) is 19.6. The van der Waals surface area contributed by atoms with Crippen LogP contribution in [0.25, 0.3) is 0 Å². The van der Waals surface area contributed by atoms with E-state index in [-0.39, 0.29) is 149 Å². The number of carboxylic acid groups (broad SMARTS) is 1. The topological polar surface area (TPSA) is 544 Å². The molecular formula is C93H155IN14O28. The molecule has 43 heteroatoms. The molecule has 42 nitrogen and oxygen atoms in total. The van der Waals surface area contributed by atoms with Gasteiger partial charge in [-0.3, -0.25) is 106 Å². The minimum atomic E-state index is -1.62. The molecule has 1 aliphatic heterocycles. The number of nitrogens with zero attached hydrogens (tertiary/aromatic N) is 4. The highest BCUT2D eigenvalue weighted by molar-refractivity contribution is 14.1. The molecule has 10 amide bonds. The second kappa shape index (κ2) is 60.8. The zero-order chi connectivity index (χ0) is 103. The summed E-state index contributed by atoms with van der Waals surface area (Å²) in [5.74, 6) is -12.9. The summed E-state index contributed by atoms with van der Waals surface area (Å²) >= 11 is 2.20. The first-order chi connectivity index (χ1) is 63.0. The highest BCUT2D eigenvalue weighted by atomic mass is 127. The molecule has 136 heavy (non-hydrogen) atoms. The molecule has 0 unspecified atom stereocenters. The zero-order valence-electron chi connectivity index (χ0n) is 83.8. The van der Waals surface area contributed by atoms with Gasteiger partial charge in [-0.25, -0.2) is 0 Å². The van der Waals surface area contributed by atoms with Crippen molar-refractivity contribution in [2.24, 2.45) is 0 Å². The van der Waals surface area contributed by atoms with Crippen molar-refractivity contribution < 1.29 is 134 Å². The van der Waals surface area contributed by atoms with Crippen molar-refractivity contribution in [3.05, 3.63) is 33.4 Å². The van der Waals surface area contributed by atoms with Gasteiger partial charge in [-0.05, 0) is 243 Å². The minimum Gasteiger partial charge on any atom is -0.481 e. The van der Waals surface area contributed by atoms with Crippen LogP contribution in [0.5, 0.6) is 0 Å². The number of carbonyl (C=O) groups excluding carboxylic acids is 17. The summed E-state index contributed by atoms with van der Waals surface area (Å²) in [6, 6.07) is 1.11. The third-order valence-electron chi connectivity index (χ3n) is 18.8. The molecule has 1 aromatic carbocycles. The van der Waals surface area contributed by atoms with Gasteiger partial charge in [-0.15, -0.1) is 0 Å². The Balaban J connectivity index is 2.14. The van der Waals surface area contributed by atoms with Gasteiger partial charge >= 0.3 is 47.8 Å². The van der Waals surface area contributed by atoms with E-state index in [1.54, 1.807) is 145 Å². The van der Waals surface area contributed by atoms with Gasteiger partial charge < -0.3 is 101 Å². The average Bonchev–Trinajstić information content (AvgIpc) is 0.889. The van der Waals surface area contributed by atoms with Crippen LogP contribution in [0.15, 0.2) is 24.3 Å². The fourth-order valence-electron chi connectivity index (χ4n) is 13.0. The van der Waals surface area contributed by atoms with Crippen molar-refractivity contribution >= 4 is 129 Å². The van der Waals surface area contributed by atoms with Gasteiger partial charge in [0.25, 0.3) is 0 Å². The first-order valence-corrected chi connectivity index (χ1v) is 47.4. The Morgan fingerprint density at radius 2 is 0.691 bits per heavy atom. The zero-order valence-corrected chi connectivity index (χ0v) is 85.9. The molecule has 1 fully saturated rings. The van der Waals surface area contributed by atoms with Gasteiger partial charge in [0.1, 0.15) is 76.0 Å². The molecule has 0 bridgehead atoms. The Kier molecular flexibility index (Phi) is 54.6. The summed E-state index contributed by atoms with van der Waals surface area (Å²) < 4.78 is 51.5. The first kappa shape index (κ1) is 122. The Hall–Kier alpha value is -9.83. The van der Waals surface area contributed by atoms with Crippen molar-refractivity contribution in [1.29, 1.82) is 0 Å². The molecule has 0 saturated carbocycles. The summed E-state index contributed by atoms with van der Waals surface area (Å²) in [5, 5.41) is 34.7. The molecule has 0 spiro atoms. The SMILES string of the molecule is CC(C)(C)OC(=O)CC[C@@H](NC(=O)COCCOCCNC(=O)[C@@H](CCCCNC(=O)CNC(=O)CNC(=O)CNC(=O)CC[C@H](C(=O)OC(C)(C)C)N1CCN(CC(=O)OC(C)(C)C)CCN(CC(=O)OC(C)(C)C)CCN(CC(=O)OC(C)(C)C)CC1)NC(=O)CCCc1ccc(I)cc1)C(=O)N[C@H](CCC(=O)OC(C)(C)C)C(=O)N[C@H](CCC(=O)OC(C)(C)C)C(=O)NCCC(=O)O. The van der Waals surface area contributed by atoms with E-state index in [1.165, 1.54) is 0 Å². The lowest BCUT2D eigenvalue weighted by Gasteiger charge is -2.37. The lowest BCUT2D eigenvalue weighted by Crippen LogP contribution is -2.57. The van der Waals surface area contributed by atoms with Gasteiger partial charge in [0, 0.05) is 108 Å². The second-order valence-electron chi connectivity index (χ2n) is 40.0. The maximum absolute atomic E-state index is 14.4. The molecule has 0 aliphatic carbocycles.